The normalized spacial score (nSPS) is 15.5. The quantitative estimate of drug-likeness (QED) is 0.706. The summed E-state index contributed by atoms with van der Waals surface area (Å²) in [6.07, 6.45) is 3.65. The number of rotatable bonds is 3. The molecule has 1 aliphatic rings. The number of nitrogens with one attached hydrogen (secondary N) is 1. The minimum atomic E-state index is -0.832. The largest absolute Gasteiger partial charge is 0.501 e. The Kier molecular flexibility index (Phi) is 3.96. The molecule has 0 bridgehead atoms. The van der Waals surface area contributed by atoms with Crippen molar-refractivity contribution in [3.8, 4) is 5.75 Å². The molecule has 0 spiro atoms. The van der Waals surface area contributed by atoms with E-state index in [4.69, 9.17) is 4.74 Å². The fourth-order valence-corrected chi connectivity index (χ4v) is 3.15. The molecule has 9 nitrogen and oxygen atoms in total. The standard InChI is InChI=1S/C18H19N5O4/c1-18(2)17-21-13(14(24)16(26)23(17)7-8-27-18)15(25)19-9-11-10-22-6-4-3-5-12(22)20-11/h3-6,10,24H,7-9H2,1-2H3,(H,19,25). The van der Waals surface area contributed by atoms with E-state index in [1.807, 2.05) is 28.8 Å². The van der Waals surface area contributed by atoms with Crippen LogP contribution in [0.25, 0.3) is 5.65 Å². The number of carbonyl (C=O) groups excluding carboxylic acids is 1. The highest BCUT2D eigenvalue weighted by Gasteiger charge is 2.34. The minimum Gasteiger partial charge on any atom is -0.501 e. The fourth-order valence-electron chi connectivity index (χ4n) is 3.15. The van der Waals surface area contributed by atoms with Crippen molar-refractivity contribution >= 4 is 11.6 Å². The molecule has 3 aromatic heterocycles. The third-order valence-electron chi connectivity index (χ3n) is 4.52. The molecule has 9 heteroatoms. The van der Waals surface area contributed by atoms with Crippen LogP contribution < -0.4 is 10.9 Å². The van der Waals surface area contributed by atoms with E-state index < -0.39 is 22.8 Å². The Morgan fingerprint density at radius 1 is 1.37 bits per heavy atom. The van der Waals surface area contributed by atoms with Gasteiger partial charge in [-0.25, -0.2) is 9.97 Å². The molecule has 0 fully saturated rings. The molecule has 1 amide bonds. The van der Waals surface area contributed by atoms with Crippen LogP contribution in [0.5, 0.6) is 5.75 Å². The van der Waals surface area contributed by atoms with E-state index >= 15 is 0 Å². The molecule has 1 aliphatic heterocycles. The zero-order chi connectivity index (χ0) is 19.2. The molecule has 0 unspecified atom stereocenters. The maximum Gasteiger partial charge on any atom is 0.296 e. The summed E-state index contributed by atoms with van der Waals surface area (Å²) in [5, 5.41) is 12.8. The molecule has 0 atom stereocenters. The number of carbonyl (C=O) groups is 1. The van der Waals surface area contributed by atoms with Crippen molar-refractivity contribution in [2.45, 2.75) is 32.5 Å². The highest BCUT2D eigenvalue weighted by molar-refractivity contribution is 5.94. The van der Waals surface area contributed by atoms with E-state index in [-0.39, 0.29) is 18.8 Å². The fraction of sp³-hybridized carbons (Fsp3) is 0.333. The number of hydrogen-bond acceptors (Lipinski definition) is 6. The molecule has 0 saturated heterocycles. The Morgan fingerprint density at radius 2 is 2.19 bits per heavy atom. The van der Waals surface area contributed by atoms with Crippen LogP contribution >= 0.6 is 0 Å². The summed E-state index contributed by atoms with van der Waals surface area (Å²) in [6.45, 7) is 4.28. The first-order valence-corrected chi connectivity index (χ1v) is 8.56. The van der Waals surface area contributed by atoms with E-state index in [2.05, 4.69) is 15.3 Å². The molecule has 4 rings (SSSR count). The lowest BCUT2D eigenvalue weighted by atomic mass is 10.1. The van der Waals surface area contributed by atoms with Gasteiger partial charge in [-0.15, -0.1) is 0 Å². The van der Waals surface area contributed by atoms with Gasteiger partial charge in [0.25, 0.3) is 11.5 Å². The predicted molar refractivity (Wildman–Crippen MR) is 95.5 cm³/mol. The lowest BCUT2D eigenvalue weighted by molar-refractivity contribution is -0.0566. The van der Waals surface area contributed by atoms with Crippen LogP contribution in [0.15, 0.2) is 35.4 Å². The Balaban J connectivity index is 1.62. The zero-order valence-electron chi connectivity index (χ0n) is 15.0. The second-order valence-corrected chi connectivity index (χ2v) is 6.83. The maximum absolute atomic E-state index is 12.5. The van der Waals surface area contributed by atoms with Crippen LogP contribution in [0.3, 0.4) is 0 Å². The summed E-state index contributed by atoms with van der Waals surface area (Å²) in [5.41, 5.74) is -0.384. The molecule has 4 heterocycles. The lowest BCUT2D eigenvalue weighted by Crippen LogP contribution is -2.42. The van der Waals surface area contributed by atoms with Gasteiger partial charge < -0.3 is 19.6 Å². The second-order valence-electron chi connectivity index (χ2n) is 6.83. The Morgan fingerprint density at radius 3 is 2.96 bits per heavy atom. The van der Waals surface area contributed by atoms with E-state index in [9.17, 15) is 14.7 Å². The number of aromatic hydroxyl groups is 1. The van der Waals surface area contributed by atoms with E-state index in [0.717, 1.165) is 5.65 Å². The molecule has 140 valence electrons. The number of aromatic nitrogens is 4. The average molecular weight is 369 g/mol. The Hall–Kier alpha value is -3.20. The number of fused-ring (bicyclic) bond motifs is 2. The third-order valence-corrected chi connectivity index (χ3v) is 4.52. The van der Waals surface area contributed by atoms with Gasteiger partial charge in [-0.3, -0.25) is 14.2 Å². The van der Waals surface area contributed by atoms with Crippen LogP contribution in [-0.4, -0.2) is 36.6 Å². The molecule has 0 radical (unpaired) electrons. The summed E-state index contributed by atoms with van der Waals surface area (Å²) in [4.78, 5) is 33.6. The van der Waals surface area contributed by atoms with E-state index in [0.29, 0.717) is 18.1 Å². The van der Waals surface area contributed by atoms with Crippen molar-refractivity contribution in [3.05, 3.63) is 58.2 Å². The minimum absolute atomic E-state index is 0.139. The average Bonchev–Trinajstić information content (AvgIpc) is 3.05. The van der Waals surface area contributed by atoms with Crippen molar-refractivity contribution in [1.29, 1.82) is 0 Å². The van der Waals surface area contributed by atoms with E-state index in [1.54, 1.807) is 20.0 Å². The molecule has 0 aliphatic carbocycles. The number of ether oxygens (including phenoxy) is 1. The second kappa shape index (κ2) is 6.20. The van der Waals surface area contributed by atoms with Gasteiger partial charge in [0.2, 0.25) is 5.75 Å². The highest BCUT2D eigenvalue weighted by Crippen LogP contribution is 2.27. The van der Waals surface area contributed by atoms with Crippen LogP contribution in [0.2, 0.25) is 0 Å². The van der Waals surface area contributed by atoms with Gasteiger partial charge in [0.05, 0.1) is 25.4 Å². The zero-order valence-corrected chi connectivity index (χ0v) is 15.0. The van der Waals surface area contributed by atoms with Gasteiger partial charge in [-0.2, -0.15) is 0 Å². The molecular weight excluding hydrogens is 350 g/mol. The molecule has 3 aromatic rings. The van der Waals surface area contributed by atoms with Crippen LogP contribution in [-0.2, 0) is 23.4 Å². The van der Waals surface area contributed by atoms with Gasteiger partial charge in [0.15, 0.2) is 5.69 Å². The van der Waals surface area contributed by atoms with Crippen molar-refractivity contribution in [3.63, 3.8) is 0 Å². The number of amides is 1. The maximum atomic E-state index is 12.5. The first-order chi connectivity index (χ1) is 12.9. The topological polar surface area (TPSA) is 111 Å². The van der Waals surface area contributed by atoms with Crippen LogP contribution in [0, 0.1) is 0 Å². The van der Waals surface area contributed by atoms with Crippen LogP contribution in [0.1, 0.15) is 35.9 Å². The van der Waals surface area contributed by atoms with Crippen molar-refractivity contribution in [1.82, 2.24) is 24.3 Å². The molecule has 0 saturated carbocycles. The molecular formula is C18H19N5O4. The Labute approximate surface area is 154 Å². The van der Waals surface area contributed by atoms with Crippen molar-refractivity contribution in [2.24, 2.45) is 0 Å². The smallest absolute Gasteiger partial charge is 0.296 e. The van der Waals surface area contributed by atoms with Gasteiger partial charge >= 0.3 is 0 Å². The number of hydrogen-bond donors (Lipinski definition) is 2. The van der Waals surface area contributed by atoms with Gasteiger partial charge in [0.1, 0.15) is 17.1 Å². The monoisotopic (exact) mass is 369 g/mol. The highest BCUT2D eigenvalue weighted by atomic mass is 16.5. The summed E-state index contributed by atoms with van der Waals surface area (Å²) in [5.74, 6) is -0.996. The van der Waals surface area contributed by atoms with E-state index in [1.165, 1.54) is 4.57 Å². The van der Waals surface area contributed by atoms with Gasteiger partial charge in [-0.1, -0.05) is 6.07 Å². The summed E-state index contributed by atoms with van der Waals surface area (Å²) in [7, 11) is 0. The lowest BCUT2D eigenvalue weighted by Gasteiger charge is -2.32. The SMILES string of the molecule is CC1(C)OCCn2c1nc(C(=O)NCc1cn3ccccc3n1)c(O)c2=O. The Bertz CT molecular complexity index is 1070. The first-order valence-electron chi connectivity index (χ1n) is 8.56. The molecule has 27 heavy (non-hydrogen) atoms. The van der Waals surface area contributed by atoms with Crippen molar-refractivity contribution in [2.75, 3.05) is 6.61 Å². The van der Waals surface area contributed by atoms with Crippen molar-refractivity contribution < 1.29 is 14.6 Å². The third kappa shape index (κ3) is 2.95. The van der Waals surface area contributed by atoms with Gasteiger partial charge in [-0.05, 0) is 26.0 Å². The van der Waals surface area contributed by atoms with Crippen LogP contribution in [0.4, 0.5) is 0 Å². The molecule has 0 aromatic carbocycles. The summed E-state index contributed by atoms with van der Waals surface area (Å²) in [6, 6.07) is 5.60. The summed E-state index contributed by atoms with van der Waals surface area (Å²) < 4.78 is 8.82. The first kappa shape index (κ1) is 17.2. The number of nitrogens with zero attached hydrogens (tertiary/aromatic N) is 4. The number of imidazole rings is 1. The summed E-state index contributed by atoms with van der Waals surface area (Å²) >= 11 is 0. The number of pyridine rings is 1. The molecule has 2 N–H and O–H groups in total. The predicted octanol–water partition coefficient (Wildman–Crippen LogP) is 0.792. The van der Waals surface area contributed by atoms with Gasteiger partial charge in [0, 0.05) is 12.4 Å².